The highest BCUT2D eigenvalue weighted by Crippen LogP contribution is 2.29. The van der Waals surface area contributed by atoms with E-state index >= 15 is 0 Å². The van der Waals surface area contributed by atoms with Crippen LogP contribution in [0.1, 0.15) is 11.1 Å². The number of benzene rings is 2. The Morgan fingerprint density at radius 1 is 1.23 bits per heavy atom. The average molecular weight is 372 g/mol. The molecule has 0 unspecified atom stereocenters. The molecule has 0 aliphatic carbocycles. The summed E-state index contributed by atoms with van der Waals surface area (Å²) in [6.07, 6.45) is 1.45. The predicted molar refractivity (Wildman–Crippen MR) is 99.5 cm³/mol. The minimum absolute atomic E-state index is 0.0604. The lowest BCUT2D eigenvalue weighted by Gasteiger charge is -2.12. The van der Waals surface area contributed by atoms with Crippen LogP contribution in [-0.4, -0.2) is 30.9 Å². The smallest absolute Gasteiger partial charge is 0.363 e. The second kappa shape index (κ2) is 6.97. The minimum Gasteiger partial charge on any atom is -0.402 e. The van der Waals surface area contributed by atoms with Gasteiger partial charge >= 0.3 is 5.97 Å². The highest BCUT2D eigenvalue weighted by atomic mass is 35.5. The number of rotatable bonds is 4. The zero-order valence-electron chi connectivity index (χ0n) is 14.0. The fourth-order valence-electron chi connectivity index (χ4n) is 2.47. The Morgan fingerprint density at radius 2 is 2.00 bits per heavy atom. The summed E-state index contributed by atoms with van der Waals surface area (Å²) < 4.78 is 5.17. The number of hydrogen-bond donors (Lipinski definition) is 0. The van der Waals surface area contributed by atoms with Gasteiger partial charge in [0, 0.05) is 30.7 Å². The molecule has 0 saturated heterocycles. The number of aliphatic imine (C=N–C) groups is 1. The largest absolute Gasteiger partial charge is 0.402 e. The molecule has 26 heavy (non-hydrogen) atoms. The number of carbonyl (C=O) groups excluding carboxylic acids is 1. The third-order valence-corrected chi connectivity index (χ3v) is 3.91. The number of halogens is 1. The number of carbonyl (C=O) groups is 1. The molecule has 0 atom stereocenters. The lowest BCUT2D eigenvalue weighted by molar-refractivity contribution is -0.384. The molecule has 1 heterocycles. The molecule has 0 N–H and O–H groups in total. The Morgan fingerprint density at radius 3 is 2.65 bits per heavy atom. The molecular weight excluding hydrogens is 358 g/mol. The van der Waals surface area contributed by atoms with Gasteiger partial charge in [0.25, 0.3) is 5.69 Å². The molecule has 0 spiro atoms. The summed E-state index contributed by atoms with van der Waals surface area (Å²) in [6, 6.07) is 11.5. The summed E-state index contributed by atoms with van der Waals surface area (Å²) in [4.78, 5) is 28.7. The van der Waals surface area contributed by atoms with Crippen LogP contribution < -0.4 is 4.90 Å². The molecule has 0 fully saturated rings. The van der Waals surface area contributed by atoms with Crippen LogP contribution in [0.2, 0.25) is 5.02 Å². The summed E-state index contributed by atoms with van der Waals surface area (Å²) in [5.41, 5.74) is 1.52. The summed E-state index contributed by atoms with van der Waals surface area (Å²) in [6.45, 7) is 0. The zero-order valence-corrected chi connectivity index (χ0v) is 14.7. The number of ether oxygens (including phenoxy) is 1. The standard InChI is InChI=1S/C18H14ClN3O4/c1-21(2)15-7-6-11(9-16(15)22(24)25)8-14-18(23)26-17(20-14)12-4-3-5-13(19)10-12/h3-10H,1-2H3/b14-8-. The first kappa shape index (κ1) is 17.6. The highest BCUT2D eigenvalue weighted by Gasteiger charge is 2.25. The molecule has 2 aromatic rings. The van der Waals surface area contributed by atoms with Crippen molar-refractivity contribution in [1.29, 1.82) is 0 Å². The molecule has 7 nitrogen and oxygen atoms in total. The second-order valence-electron chi connectivity index (χ2n) is 5.75. The van der Waals surface area contributed by atoms with Gasteiger partial charge in [0.05, 0.1) is 4.92 Å². The quantitative estimate of drug-likeness (QED) is 0.354. The van der Waals surface area contributed by atoms with Gasteiger partial charge in [0.2, 0.25) is 5.90 Å². The number of esters is 1. The topological polar surface area (TPSA) is 85.0 Å². The maximum atomic E-state index is 12.1. The molecule has 3 rings (SSSR count). The van der Waals surface area contributed by atoms with Gasteiger partial charge in [-0.15, -0.1) is 0 Å². The molecule has 8 heteroatoms. The number of nitro groups is 1. The van der Waals surface area contributed by atoms with Gasteiger partial charge in [-0.3, -0.25) is 10.1 Å². The first-order valence-electron chi connectivity index (χ1n) is 7.59. The number of nitro benzene ring substituents is 1. The van der Waals surface area contributed by atoms with Gasteiger partial charge in [-0.2, -0.15) is 0 Å². The van der Waals surface area contributed by atoms with Gasteiger partial charge in [-0.25, -0.2) is 9.79 Å². The first-order chi connectivity index (χ1) is 12.3. The lowest BCUT2D eigenvalue weighted by Crippen LogP contribution is -2.11. The molecule has 1 aliphatic rings. The van der Waals surface area contributed by atoms with E-state index in [0.717, 1.165) is 0 Å². The Balaban J connectivity index is 1.98. The van der Waals surface area contributed by atoms with Gasteiger partial charge in [0.15, 0.2) is 5.70 Å². The maximum absolute atomic E-state index is 12.1. The molecular formula is C18H14ClN3O4. The molecule has 0 bridgehead atoms. The molecule has 0 aromatic heterocycles. The third-order valence-electron chi connectivity index (χ3n) is 3.67. The van der Waals surface area contributed by atoms with E-state index in [0.29, 0.717) is 21.8 Å². The van der Waals surface area contributed by atoms with Crippen LogP contribution in [0.3, 0.4) is 0 Å². The van der Waals surface area contributed by atoms with E-state index in [1.54, 1.807) is 55.4 Å². The van der Waals surface area contributed by atoms with E-state index in [2.05, 4.69) is 4.99 Å². The van der Waals surface area contributed by atoms with Crippen molar-refractivity contribution < 1.29 is 14.5 Å². The second-order valence-corrected chi connectivity index (χ2v) is 6.18. The van der Waals surface area contributed by atoms with Crippen molar-refractivity contribution in [2.45, 2.75) is 0 Å². The molecule has 0 saturated carbocycles. The van der Waals surface area contributed by atoms with Crippen LogP contribution in [-0.2, 0) is 9.53 Å². The molecule has 1 aliphatic heterocycles. The van der Waals surface area contributed by atoms with E-state index in [4.69, 9.17) is 16.3 Å². The highest BCUT2D eigenvalue weighted by molar-refractivity contribution is 6.31. The summed E-state index contributed by atoms with van der Waals surface area (Å²) >= 11 is 5.94. The van der Waals surface area contributed by atoms with Crippen LogP contribution in [0.15, 0.2) is 53.2 Å². The number of anilines is 1. The van der Waals surface area contributed by atoms with E-state index in [9.17, 15) is 14.9 Å². The number of hydrogen-bond acceptors (Lipinski definition) is 6. The number of nitrogens with zero attached hydrogens (tertiary/aromatic N) is 3. The van der Waals surface area contributed by atoms with E-state index in [1.807, 2.05) is 0 Å². The summed E-state index contributed by atoms with van der Waals surface area (Å²) in [5.74, 6) is -0.484. The van der Waals surface area contributed by atoms with Crippen LogP contribution in [0, 0.1) is 10.1 Å². The maximum Gasteiger partial charge on any atom is 0.363 e. The monoisotopic (exact) mass is 371 g/mol. The fourth-order valence-corrected chi connectivity index (χ4v) is 2.66. The molecule has 0 amide bonds. The number of cyclic esters (lactones) is 1. The predicted octanol–water partition coefficient (Wildman–Crippen LogP) is 3.66. The summed E-state index contributed by atoms with van der Waals surface area (Å²) in [7, 11) is 3.44. The molecule has 132 valence electrons. The summed E-state index contributed by atoms with van der Waals surface area (Å²) in [5, 5.41) is 11.8. The normalized spacial score (nSPS) is 15.0. The van der Waals surface area contributed by atoms with Crippen molar-refractivity contribution in [1.82, 2.24) is 0 Å². The van der Waals surface area contributed by atoms with Gasteiger partial charge in [-0.05, 0) is 35.9 Å². The zero-order chi connectivity index (χ0) is 18.8. The molecule has 0 radical (unpaired) electrons. The van der Waals surface area contributed by atoms with Crippen LogP contribution in [0.4, 0.5) is 11.4 Å². The van der Waals surface area contributed by atoms with Crippen LogP contribution >= 0.6 is 11.6 Å². The van der Waals surface area contributed by atoms with Crippen LogP contribution in [0.25, 0.3) is 6.08 Å². The van der Waals surface area contributed by atoms with Crippen LogP contribution in [0.5, 0.6) is 0 Å². The fraction of sp³-hybridized carbons (Fsp3) is 0.111. The Hall–Kier alpha value is -3.19. The Labute approximate surface area is 154 Å². The average Bonchev–Trinajstić information content (AvgIpc) is 2.95. The van der Waals surface area contributed by atoms with Crippen molar-refractivity contribution in [2.24, 2.45) is 4.99 Å². The van der Waals surface area contributed by atoms with Crippen molar-refractivity contribution in [3.63, 3.8) is 0 Å². The van der Waals surface area contributed by atoms with Crippen molar-refractivity contribution in [3.8, 4) is 0 Å². The lowest BCUT2D eigenvalue weighted by atomic mass is 10.1. The van der Waals surface area contributed by atoms with Crippen molar-refractivity contribution in [2.75, 3.05) is 19.0 Å². The SMILES string of the molecule is CN(C)c1ccc(/C=C2\N=C(c3cccc(Cl)c3)OC2=O)cc1[N+](=O)[O-]. The third kappa shape index (κ3) is 3.57. The molecule has 2 aromatic carbocycles. The van der Waals surface area contributed by atoms with E-state index < -0.39 is 10.9 Å². The van der Waals surface area contributed by atoms with Gasteiger partial charge < -0.3 is 9.64 Å². The Kier molecular flexibility index (Phi) is 4.73. The Bertz CT molecular complexity index is 967. The minimum atomic E-state index is -0.626. The van der Waals surface area contributed by atoms with E-state index in [1.165, 1.54) is 12.1 Å². The van der Waals surface area contributed by atoms with Crippen molar-refractivity contribution in [3.05, 3.63) is 74.4 Å². The van der Waals surface area contributed by atoms with Gasteiger partial charge in [0.1, 0.15) is 5.69 Å². The van der Waals surface area contributed by atoms with Crippen molar-refractivity contribution >= 4 is 40.9 Å². The van der Waals surface area contributed by atoms with E-state index in [-0.39, 0.29) is 17.3 Å². The van der Waals surface area contributed by atoms with Gasteiger partial charge in [-0.1, -0.05) is 23.7 Å². The first-order valence-corrected chi connectivity index (χ1v) is 7.97.